The van der Waals surface area contributed by atoms with Crippen LogP contribution >= 0.6 is 31.9 Å². The number of halogens is 2. The molecule has 1 aromatic heterocycles. The fourth-order valence-corrected chi connectivity index (χ4v) is 3.05. The van der Waals surface area contributed by atoms with Crippen molar-refractivity contribution >= 4 is 37.7 Å². The van der Waals surface area contributed by atoms with Crippen LogP contribution in [0.2, 0.25) is 0 Å². The summed E-state index contributed by atoms with van der Waals surface area (Å²) >= 11 is 6.92. The van der Waals surface area contributed by atoms with E-state index in [1.807, 2.05) is 12.3 Å². The van der Waals surface area contributed by atoms with E-state index in [1.165, 1.54) is 12.8 Å². The molecule has 88 valence electrons. The van der Waals surface area contributed by atoms with Crippen LogP contribution in [0.25, 0.3) is 0 Å². The molecule has 0 bridgehead atoms. The van der Waals surface area contributed by atoms with Crippen LogP contribution in [0.15, 0.2) is 21.2 Å². The molecular formula is C12H16Br2N2. The van der Waals surface area contributed by atoms with Crippen LogP contribution in [0.4, 0.5) is 5.82 Å². The Morgan fingerprint density at radius 2 is 2.12 bits per heavy atom. The molecule has 0 radical (unpaired) electrons. The molecule has 0 unspecified atom stereocenters. The van der Waals surface area contributed by atoms with Gasteiger partial charge in [0.1, 0.15) is 5.82 Å². The summed E-state index contributed by atoms with van der Waals surface area (Å²) in [6, 6.07) is 2.02. The zero-order valence-corrected chi connectivity index (χ0v) is 12.7. The van der Waals surface area contributed by atoms with Gasteiger partial charge in [0.2, 0.25) is 0 Å². The molecule has 0 aromatic carbocycles. The Hall–Kier alpha value is -0.0900. The Kier molecular flexibility index (Phi) is 3.59. The Balaban J connectivity index is 2.00. The number of nitrogens with zero attached hydrogens (tertiary/aromatic N) is 1. The first-order valence-electron chi connectivity index (χ1n) is 5.58. The number of anilines is 1. The SMILES string of the molecule is CC(C)C1(CNc2ncc(Br)cc2Br)CC1. The highest BCUT2D eigenvalue weighted by atomic mass is 79.9. The van der Waals surface area contributed by atoms with Crippen LogP contribution in [-0.4, -0.2) is 11.5 Å². The fraction of sp³-hybridized carbons (Fsp3) is 0.583. The lowest BCUT2D eigenvalue weighted by atomic mass is 9.92. The predicted molar refractivity (Wildman–Crippen MR) is 74.6 cm³/mol. The third-order valence-electron chi connectivity index (χ3n) is 3.53. The summed E-state index contributed by atoms with van der Waals surface area (Å²) in [4.78, 5) is 4.36. The number of pyridine rings is 1. The van der Waals surface area contributed by atoms with E-state index >= 15 is 0 Å². The van der Waals surface area contributed by atoms with Gasteiger partial charge in [-0.1, -0.05) is 13.8 Å². The Labute approximate surface area is 113 Å². The topological polar surface area (TPSA) is 24.9 Å². The average Bonchev–Trinajstić information content (AvgIpc) is 2.97. The summed E-state index contributed by atoms with van der Waals surface area (Å²) in [7, 11) is 0. The van der Waals surface area contributed by atoms with Crippen molar-refractivity contribution in [3.05, 3.63) is 21.2 Å². The first-order chi connectivity index (χ1) is 7.53. The monoisotopic (exact) mass is 346 g/mol. The van der Waals surface area contributed by atoms with E-state index in [0.717, 1.165) is 27.2 Å². The van der Waals surface area contributed by atoms with Gasteiger partial charge >= 0.3 is 0 Å². The zero-order chi connectivity index (χ0) is 11.8. The van der Waals surface area contributed by atoms with Gasteiger partial charge in [0.15, 0.2) is 0 Å². The average molecular weight is 348 g/mol. The molecule has 0 atom stereocenters. The normalized spacial score (nSPS) is 17.6. The molecule has 1 aromatic rings. The zero-order valence-electron chi connectivity index (χ0n) is 9.56. The quantitative estimate of drug-likeness (QED) is 0.870. The molecular weight excluding hydrogens is 332 g/mol. The molecule has 0 amide bonds. The van der Waals surface area contributed by atoms with E-state index < -0.39 is 0 Å². The molecule has 2 rings (SSSR count). The van der Waals surface area contributed by atoms with Crippen molar-refractivity contribution in [2.45, 2.75) is 26.7 Å². The van der Waals surface area contributed by atoms with Crippen LogP contribution in [0, 0.1) is 11.3 Å². The standard InChI is InChI=1S/C12H16Br2N2/c1-8(2)12(3-4-12)7-16-11-10(14)5-9(13)6-15-11/h5-6,8H,3-4,7H2,1-2H3,(H,15,16). The number of rotatable bonds is 4. The van der Waals surface area contributed by atoms with Gasteiger partial charge in [-0.05, 0) is 62.1 Å². The van der Waals surface area contributed by atoms with Crippen LogP contribution in [0.5, 0.6) is 0 Å². The number of aromatic nitrogens is 1. The van der Waals surface area contributed by atoms with E-state index in [0.29, 0.717) is 5.41 Å². The van der Waals surface area contributed by atoms with Crippen LogP contribution in [-0.2, 0) is 0 Å². The molecule has 0 saturated heterocycles. The van der Waals surface area contributed by atoms with Crippen molar-refractivity contribution in [3.8, 4) is 0 Å². The largest absolute Gasteiger partial charge is 0.369 e. The van der Waals surface area contributed by atoms with Crippen molar-refractivity contribution in [1.29, 1.82) is 0 Å². The number of hydrogen-bond donors (Lipinski definition) is 1. The van der Waals surface area contributed by atoms with E-state index in [9.17, 15) is 0 Å². The van der Waals surface area contributed by atoms with E-state index in [4.69, 9.17) is 0 Å². The van der Waals surface area contributed by atoms with Crippen molar-refractivity contribution in [3.63, 3.8) is 0 Å². The molecule has 1 aliphatic carbocycles. The van der Waals surface area contributed by atoms with E-state index in [1.54, 1.807) is 0 Å². The van der Waals surface area contributed by atoms with Crippen LogP contribution < -0.4 is 5.32 Å². The Morgan fingerprint density at radius 1 is 1.44 bits per heavy atom. The highest BCUT2D eigenvalue weighted by Gasteiger charge is 2.45. The lowest BCUT2D eigenvalue weighted by molar-refractivity contribution is 0.380. The molecule has 0 spiro atoms. The van der Waals surface area contributed by atoms with Gasteiger partial charge in [0.25, 0.3) is 0 Å². The summed E-state index contributed by atoms with van der Waals surface area (Å²) in [6.07, 6.45) is 4.50. The number of nitrogens with one attached hydrogen (secondary N) is 1. The molecule has 16 heavy (non-hydrogen) atoms. The summed E-state index contributed by atoms with van der Waals surface area (Å²) < 4.78 is 2.01. The predicted octanol–water partition coefficient (Wildman–Crippen LogP) is 4.45. The van der Waals surface area contributed by atoms with E-state index in [2.05, 4.69) is 56.0 Å². The lowest BCUT2D eigenvalue weighted by Crippen LogP contribution is -2.21. The molecule has 1 saturated carbocycles. The summed E-state index contributed by atoms with van der Waals surface area (Å²) in [6.45, 7) is 5.63. The van der Waals surface area contributed by atoms with Crippen molar-refractivity contribution in [2.75, 3.05) is 11.9 Å². The summed E-state index contributed by atoms with van der Waals surface area (Å²) in [5.41, 5.74) is 0.508. The van der Waals surface area contributed by atoms with Gasteiger partial charge in [-0.25, -0.2) is 4.98 Å². The summed E-state index contributed by atoms with van der Waals surface area (Å²) in [5, 5.41) is 3.45. The molecule has 1 fully saturated rings. The minimum Gasteiger partial charge on any atom is -0.369 e. The second kappa shape index (κ2) is 4.65. The van der Waals surface area contributed by atoms with Crippen molar-refractivity contribution < 1.29 is 0 Å². The lowest BCUT2D eigenvalue weighted by Gasteiger charge is -2.20. The molecule has 1 aliphatic rings. The maximum atomic E-state index is 4.36. The minimum atomic E-state index is 0.508. The van der Waals surface area contributed by atoms with Gasteiger partial charge < -0.3 is 5.32 Å². The third-order valence-corrected chi connectivity index (χ3v) is 4.57. The van der Waals surface area contributed by atoms with Gasteiger partial charge in [0, 0.05) is 17.2 Å². The van der Waals surface area contributed by atoms with Crippen LogP contribution in [0.1, 0.15) is 26.7 Å². The van der Waals surface area contributed by atoms with Gasteiger partial charge in [-0.3, -0.25) is 0 Å². The highest BCUT2D eigenvalue weighted by molar-refractivity contribution is 9.11. The van der Waals surface area contributed by atoms with Gasteiger partial charge in [-0.15, -0.1) is 0 Å². The minimum absolute atomic E-state index is 0.508. The Morgan fingerprint density at radius 3 is 2.62 bits per heavy atom. The first kappa shape index (κ1) is 12.4. The molecule has 4 heteroatoms. The molecule has 1 heterocycles. The van der Waals surface area contributed by atoms with Gasteiger partial charge in [-0.2, -0.15) is 0 Å². The van der Waals surface area contributed by atoms with Crippen molar-refractivity contribution in [1.82, 2.24) is 4.98 Å². The Bertz CT molecular complexity index is 387. The highest BCUT2D eigenvalue weighted by Crippen LogP contribution is 2.51. The number of hydrogen-bond acceptors (Lipinski definition) is 2. The van der Waals surface area contributed by atoms with Crippen LogP contribution in [0.3, 0.4) is 0 Å². The maximum absolute atomic E-state index is 4.36. The molecule has 0 aliphatic heterocycles. The fourth-order valence-electron chi connectivity index (χ4n) is 1.92. The molecule has 2 nitrogen and oxygen atoms in total. The smallest absolute Gasteiger partial charge is 0.140 e. The summed E-state index contributed by atoms with van der Waals surface area (Å²) in [5.74, 6) is 1.68. The van der Waals surface area contributed by atoms with Gasteiger partial charge in [0.05, 0.1) is 4.47 Å². The van der Waals surface area contributed by atoms with E-state index in [-0.39, 0.29) is 0 Å². The first-order valence-corrected chi connectivity index (χ1v) is 7.17. The molecule has 1 N–H and O–H groups in total. The second-order valence-electron chi connectivity index (χ2n) is 4.85. The third kappa shape index (κ3) is 2.59. The second-order valence-corrected chi connectivity index (χ2v) is 6.62. The maximum Gasteiger partial charge on any atom is 0.140 e. The van der Waals surface area contributed by atoms with Crippen molar-refractivity contribution in [2.24, 2.45) is 11.3 Å².